The molecule has 0 radical (unpaired) electrons. The molecule has 1 unspecified atom stereocenters. The summed E-state index contributed by atoms with van der Waals surface area (Å²) in [5, 5.41) is 0. The molecule has 1 heterocycles. The lowest BCUT2D eigenvalue weighted by molar-refractivity contribution is 0.151. The van der Waals surface area contributed by atoms with E-state index in [2.05, 4.69) is 49.1 Å². The van der Waals surface area contributed by atoms with Crippen LogP contribution in [-0.4, -0.2) is 30.1 Å². The topological polar surface area (TPSA) is 29.3 Å². The van der Waals surface area contributed by atoms with Crippen LogP contribution in [0.1, 0.15) is 38.7 Å². The largest absolute Gasteiger partial charge is 0.324 e. The molecule has 1 aromatic rings. The second-order valence-electron chi connectivity index (χ2n) is 6.42. The van der Waals surface area contributed by atoms with Crippen LogP contribution >= 0.6 is 0 Å². The highest BCUT2D eigenvalue weighted by atomic mass is 15.1. The Morgan fingerprint density at radius 3 is 2.42 bits per heavy atom. The zero-order valence-electron chi connectivity index (χ0n) is 12.4. The van der Waals surface area contributed by atoms with E-state index in [1.165, 1.54) is 37.9 Å². The van der Waals surface area contributed by atoms with Crippen LogP contribution in [0.4, 0.5) is 0 Å². The van der Waals surface area contributed by atoms with Crippen LogP contribution in [0, 0.1) is 5.92 Å². The van der Waals surface area contributed by atoms with E-state index in [1.807, 2.05) is 0 Å². The monoisotopic (exact) mass is 260 g/mol. The summed E-state index contributed by atoms with van der Waals surface area (Å²) in [6.07, 6.45) is 4.92. The van der Waals surface area contributed by atoms with Gasteiger partial charge in [-0.3, -0.25) is 0 Å². The van der Waals surface area contributed by atoms with Gasteiger partial charge in [-0.15, -0.1) is 0 Å². The van der Waals surface area contributed by atoms with Crippen molar-refractivity contribution < 1.29 is 0 Å². The molecule has 19 heavy (non-hydrogen) atoms. The first kappa shape index (κ1) is 14.5. The first-order valence-electron chi connectivity index (χ1n) is 7.64. The smallest absolute Gasteiger partial charge is 0.0252 e. The van der Waals surface area contributed by atoms with Crippen LogP contribution in [-0.2, 0) is 6.42 Å². The number of piperidine rings is 1. The quantitative estimate of drug-likeness (QED) is 0.881. The summed E-state index contributed by atoms with van der Waals surface area (Å²) < 4.78 is 0. The molecule has 1 aliphatic heterocycles. The lowest BCUT2D eigenvalue weighted by Crippen LogP contribution is -2.49. The molecule has 1 atom stereocenters. The Hall–Kier alpha value is -0.860. The third-order valence-corrected chi connectivity index (χ3v) is 4.47. The molecule has 2 nitrogen and oxygen atoms in total. The second-order valence-corrected chi connectivity index (χ2v) is 6.42. The summed E-state index contributed by atoms with van der Waals surface area (Å²) in [5.74, 6) is 0.851. The highest BCUT2D eigenvalue weighted by Crippen LogP contribution is 2.22. The van der Waals surface area contributed by atoms with E-state index >= 15 is 0 Å². The van der Waals surface area contributed by atoms with Crippen molar-refractivity contribution in [2.75, 3.05) is 19.6 Å². The van der Waals surface area contributed by atoms with Crippen LogP contribution in [0.5, 0.6) is 0 Å². The maximum atomic E-state index is 6.26. The van der Waals surface area contributed by atoms with Crippen LogP contribution in [0.3, 0.4) is 0 Å². The van der Waals surface area contributed by atoms with E-state index in [4.69, 9.17) is 5.73 Å². The van der Waals surface area contributed by atoms with Crippen molar-refractivity contribution in [3.8, 4) is 0 Å². The summed E-state index contributed by atoms with van der Waals surface area (Å²) >= 11 is 0. The van der Waals surface area contributed by atoms with Gasteiger partial charge < -0.3 is 10.6 Å². The third kappa shape index (κ3) is 4.63. The molecule has 1 saturated heterocycles. The van der Waals surface area contributed by atoms with Crippen molar-refractivity contribution in [1.82, 2.24) is 4.90 Å². The van der Waals surface area contributed by atoms with Crippen LogP contribution in [0.15, 0.2) is 30.3 Å². The number of nitrogens with zero attached hydrogens (tertiary/aromatic N) is 1. The van der Waals surface area contributed by atoms with Gasteiger partial charge in [-0.1, -0.05) is 37.3 Å². The maximum absolute atomic E-state index is 6.26. The molecule has 0 bridgehead atoms. The van der Waals surface area contributed by atoms with Crippen molar-refractivity contribution in [3.05, 3.63) is 35.9 Å². The summed E-state index contributed by atoms with van der Waals surface area (Å²) in [5.41, 5.74) is 7.73. The van der Waals surface area contributed by atoms with Gasteiger partial charge in [0.15, 0.2) is 0 Å². The minimum Gasteiger partial charge on any atom is -0.324 e. The van der Waals surface area contributed by atoms with Crippen LogP contribution in [0.25, 0.3) is 0 Å². The SMILES string of the molecule is CCC(C)(N)CN1CCC(Cc2ccccc2)CC1. The zero-order valence-corrected chi connectivity index (χ0v) is 12.4. The van der Waals surface area contributed by atoms with Gasteiger partial charge in [0.05, 0.1) is 0 Å². The van der Waals surface area contributed by atoms with Crippen molar-refractivity contribution in [3.63, 3.8) is 0 Å². The predicted molar refractivity (Wildman–Crippen MR) is 82.2 cm³/mol. The molecular weight excluding hydrogens is 232 g/mol. The fourth-order valence-electron chi connectivity index (χ4n) is 2.92. The van der Waals surface area contributed by atoms with Gasteiger partial charge in [0.2, 0.25) is 0 Å². The average Bonchev–Trinajstić information content (AvgIpc) is 2.42. The average molecular weight is 260 g/mol. The molecule has 2 rings (SSSR count). The van der Waals surface area contributed by atoms with Crippen LogP contribution < -0.4 is 5.73 Å². The molecule has 106 valence electrons. The second kappa shape index (κ2) is 6.53. The fourth-order valence-corrected chi connectivity index (χ4v) is 2.92. The van der Waals surface area contributed by atoms with Gasteiger partial charge in [0.25, 0.3) is 0 Å². The number of hydrogen-bond acceptors (Lipinski definition) is 2. The minimum atomic E-state index is -0.0216. The lowest BCUT2D eigenvalue weighted by atomic mass is 9.89. The van der Waals surface area contributed by atoms with E-state index in [1.54, 1.807) is 0 Å². The van der Waals surface area contributed by atoms with Crippen molar-refractivity contribution >= 4 is 0 Å². The predicted octanol–water partition coefficient (Wildman–Crippen LogP) is 3.07. The Balaban J connectivity index is 1.77. The Morgan fingerprint density at radius 1 is 1.21 bits per heavy atom. The maximum Gasteiger partial charge on any atom is 0.0252 e. The number of rotatable bonds is 5. The number of benzene rings is 1. The van der Waals surface area contributed by atoms with E-state index in [0.29, 0.717) is 0 Å². The molecule has 0 amide bonds. The van der Waals surface area contributed by atoms with Crippen LogP contribution in [0.2, 0.25) is 0 Å². The number of hydrogen-bond donors (Lipinski definition) is 1. The Labute approximate surface area is 118 Å². The van der Waals surface area contributed by atoms with Gasteiger partial charge in [-0.05, 0) is 57.2 Å². The van der Waals surface area contributed by atoms with Crippen molar-refractivity contribution in [2.24, 2.45) is 11.7 Å². The molecule has 2 heteroatoms. The third-order valence-electron chi connectivity index (χ3n) is 4.47. The summed E-state index contributed by atoms with van der Waals surface area (Å²) in [6, 6.07) is 10.9. The Morgan fingerprint density at radius 2 is 1.84 bits per heavy atom. The normalized spacial score (nSPS) is 21.2. The van der Waals surface area contributed by atoms with E-state index < -0.39 is 0 Å². The molecule has 0 aliphatic carbocycles. The molecule has 1 aliphatic rings. The molecule has 0 aromatic heterocycles. The Bertz CT molecular complexity index is 364. The lowest BCUT2D eigenvalue weighted by Gasteiger charge is -2.37. The molecular formula is C17H28N2. The first-order chi connectivity index (χ1) is 9.09. The van der Waals surface area contributed by atoms with Crippen molar-refractivity contribution in [1.29, 1.82) is 0 Å². The van der Waals surface area contributed by atoms with Crippen molar-refractivity contribution in [2.45, 2.75) is 45.1 Å². The number of likely N-dealkylation sites (tertiary alicyclic amines) is 1. The Kier molecular flexibility index (Phi) is 5.00. The van der Waals surface area contributed by atoms with E-state index in [-0.39, 0.29) is 5.54 Å². The number of nitrogens with two attached hydrogens (primary N) is 1. The summed E-state index contributed by atoms with van der Waals surface area (Å²) in [6.45, 7) is 7.82. The van der Waals surface area contributed by atoms with Gasteiger partial charge >= 0.3 is 0 Å². The van der Waals surface area contributed by atoms with Gasteiger partial charge in [0, 0.05) is 12.1 Å². The molecule has 0 saturated carbocycles. The molecule has 1 aromatic carbocycles. The standard InChI is InChI=1S/C17H28N2/c1-3-17(2,18)14-19-11-9-16(10-12-19)13-15-7-5-4-6-8-15/h4-8,16H,3,9-14,18H2,1-2H3. The fraction of sp³-hybridized carbons (Fsp3) is 0.647. The van der Waals surface area contributed by atoms with Gasteiger partial charge in [-0.2, -0.15) is 0 Å². The van der Waals surface area contributed by atoms with E-state index in [0.717, 1.165) is 18.9 Å². The summed E-state index contributed by atoms with van der Waals surface area (Å²) in [4.78, 5) is 2.55. The minimum absolute atomic E-state index is 0.0216. The molecule has 2 N–H and O–H groups in total. The highest BCUT2D eigenvalue weighted by Gasteiger charge is 2.24. The molecule has 1 fully saturated rings. The van der Waals surface area contributed by atoms with Gasteiger partial charge in [-0.25, -0.2) is 0 Å². The summed E-state index contributed by atoms with van der Waals surface area (Å²) in [7, 11) is 0. The van der Waals surface area contributed by atoms with E-state index in [9.17, 15) is 0 Å². The first-order valence-corrected chi connectivity index (χ1v) is 7.64. The highest BCUT2D eigenvalue weighted by molar-refractivity contribution is 5.15. The zero-order chi connectivity index (χ0) is 13.7. The molecule has 0 spiro atoms. The van der Waals surface area contributed by atoms with Gasteiger partial charge in [0.1, 0.15) is 0 Å².